The van der Waals surface area contributed by atoms with Crippen LogP contribution in [0.4, 0.5) is 5.69 Å². The van der Waals surface area contributed by atoms with Crippen LogP contribution in [0.25, 0.3) is 6.08 Å². The molecule has 0 aliphatic heterocycles. The molecule has 1 N–H and O–H groups in total. The lowest BCUT2D eigenvalue weighted by Gasteiger charge is -2.11. The summed E-state index contributed by atoms with van der Waals surface area (Å²) in [6.07, 6.45) is 1.40. The van der Waals surface area contributed by atoms with Crippen LogP contribution in [0.15, 0.2) is 72.3 Å². The Morgan fingerprint density at radius 2 is 1.76 bits per heavy atom. The van der Waals surface area contributed by atoms with Gasteiger partial charge in [0.05, 0.1) is 12.7 Å². The van der Waals surface area contributed by atoms with Crippen LogP contribution in [0, 0.1) is 11.3 Å². The van der Waals surface area contributed by atoms with Crippen LogP contribution in [0.3, 0.4) is 0 Å². The molecule has 0 aliphatic carbocycles. The van der Waals surface area contributed by atoms with Crippen LogP contribution < -0.4 is 10.1 Å². The van der Waals surface area contributed by atoms with Gasteiger partial charge in [-0.1, -0.05) is 35.3 Å². The number of hydrogen-bond acceptors (Lipinski definition) is 5. The van der Waals surface area contributed by atoms with E-state index in [1.165, 1.54) is 37.5 Å². The fourth-order valence-electron chi connectivity index (χ4n) is 2.86. The number of nitrogens with one attached hydrogen (secondary N) is 1. The van der Waals surface area contributed by atoms with Gasteiger partial charge in [-0.15, -0.1) is 0 Å². The number of amides is 1. The van der Waals surface area contributed by atoms with Gasteiger partial charge in [-0.2, -0.15) is 5.26 Å². The number of methoxy groups -OCH3 is 1. The van der Waals surface area contributed by atoms with Gasteiger partial charge in [0.15, 0.2) is 0 Å². The number of ether oxygens (including phenoxy) is 2. The first kappa shape index (κ1) is 23.9. The number of carbonyl (C=O) groups is 2. The molecule has 0 aliphatic rings. The Labute approximate surface area is 201 Å². The van der Waals surface area contributed by atoms with Crippen molar-refractivity contribution in [3.05, 3.63) is 99.0 Å². The van der Waals surface area contributed by atoms with E-state index >= 15 is 0 Å². The van der Waals surface area contributed by atoms with E-state index in [1.807, 2.05) is 18.2 Å². The van der Waals surface area contributed by atoms with E-state index in [0.29, 0.717) is 32.6 Å². The summed E-state index contributed by atoms with van der Waals surface area (Å²) in [6.45, 7) is 0.240. The molecule has 8 heteroatoms. The van der Waals surface area contributed by atoms with Crippen LogP contribution in [0.1, 0.15) is 21.5 Å². The number of nitriles is 1. The molecule has 0 heterocycles. The van der Waals surface area contributed by atoms with Crippen molar-refractivity contribution in [2.75, 3.05) is 12.4 Å². The summed E-state index contributed by atoms with van der Waals surface area (Å²) in [7, 11) is 1.28. The summed E-state index contributed by atoms with van der Waals surface area (Å²) in [5.74, 6) is -0.664. The zero-order valence-corrected chi connectivity index (χ0v) is 19.0. The van der Waals surface area contributed by atoms with Gasteiger partial charge < -0.3 is 14.8 Å². The average molecular weight is 481 g/mol. The first-order chi connectivity index (χ1) is 15.9. The number of nitrogens with zero attached hydrogens (tertiary/aromatic N) is 1. The third-order valence-electron chi connectivity index (χ3n) is 4.48. The highest BCUT2D eigenvalue weighted by Crippen LogP contribution is 2.27. The van der Waals surface area contributed by atoms with E-state index in [-0.39, 0.29) is 12.2 Å². The molecular weight excluding hydrogens is 463 g/mol. The Morgan fingerprint density at radius 1 is 1.03 bits per heavy atom. The zero-order valence-electron chi connectivity index (χ0n) is 17.5. The SMILES string of the molecule is COC(=O)c1ccc(NC(=O)/C(C#N)=C/c2cc(Cl)ccc2OCc2cccc(Cl)c2)cc1. The van der Waals surface area contributed by atoms with Crippen molar-refractivity contribution < 1.29 is 19.1 Å². The quantitative estimate of drug-likeness (QED) is 0.258. The number of rotatable bonds is 7. The number of hydrogen-bond donors (Lipinski definition) is 1. The monoisotopic (exact) mass is 480 g/mol. The molecule has 1 amide bonds. The Hall–Kier alpha value is -3.79. The number of carbonyl (C=O) groups excluding carboxylic acids is 2. The third kappa shape index (κ3) is 6.59. The van der Waals surface area contributed by atoms with E-state index in [4.69, 9.17) is 27.9 Å². The number of halogens is 2. The maximum Gasteiger partial charge on any atom is 0.337 e. The van der Waals surface area contributed by atoms with Crippen molar-refractivity contribution in [2.45, 2.75) is 6.61 Å². The minimum Gasteiger partial charge on any atom is -0.488 e. The smallest absolute Gasteiger partial charge is 0.337 e. The average Bonchev–Trinajstić information content (AvgIpc) is 2.82. The second kappa shape index (κ2) is 11.2. The largest absolute Gasteiger partial charge is 0.488 e. The molecule has 3 rings (SSSR count). The standard InChI is InChI=1S/C25H18Cl2N2O4/c1-32-25(31)17-5-8-22(9-6-17)29-24(30)19(14-28)12-18-13-21(27)7-10-23(18)33-15-16-3-2-4-20(26)11-16/h2-13H,15H2,1H3,(H,29,30)/b19-12+. The first-order valence-corrected chi connectivity index (χ1v) is 10.4. The van der Waals surface area contributed by atoms with E-state index < -0.39 is 11.9 Å². The predicted octanol–water partition coefficient (Wildman–Crippen LogP) is 5.90. The lowest BCUT2D eigenvalue weighted by atomic mass is 10.1. The fraction of sp³-hybridized carbons (Fsp3) is 0.0800. The van der Waals surface area contributed by atoms with E-state index in [1.54, 1.807) is 30.3 Å². The van der Waals surface area contributed by atoms with Gasteiger partial charge in [0, 0.05) is 21.3 Å². The predicted molar refractivity (Wildman–Crippen MR) is 127 cm³/mol. The minimum absolute atomic E-state index is 0.151. The van der Waals surface area contributed by atoms with E-state index in [2.05, 4.69) is 10.1 Å². The highest BCUT2D eigenvalue weighted by Gasteiger charge is 2.13. The highest BCUT2D eigenvalue weighted by atomic mass is 35.5. The van der Waals surface area contributed by atoms with E-state index in [9.17, 15) is 14.9 Å². The molecule has 0 bridgehead atoms. The van der Waals surface area contributed by atoms with Gasteiger partial charge in [0.25, 0.3) is 5.91 Å². The molecule has 0 saturated carbocycles. The van der Waals surface area contributed by atoms with Crippen LogP contribution in [-0.4, -0.2) is 19.0 Å². The molecule has 0 radical (unpaired) electrons. The molecule has 166 valence electrons. The molecule has 0 atom stereocenters. The second-order valence-corrected chi connectivity index (χ2v) is 7.67. The Kier molecular flexibility index (Phi) is 8.09. The third-order valence-corrected chi connectivity index (χ3v) is 4.95. The molecule has 33 heavy (non-hydrogen) atoms. The van der Waals surface area contributed by atoms with Gasteiger partial charge in [-0.05, 0) is 66.2 Å². The van der Waals surface area contributed by atoms with Gasteiger partial charge in [0.1, 0.15) is 24.0 Å². The maximum absolute atomic E-state index is 12.7. The molecule has 3 aromatic rings. The summed E-state index contributed by atoms with van der Waals surface area (Å²) < 4.78 is 10.5. The zero-order chi connectivity index (χ0) is 23.8. The lowest BCUT2D eigenvalue weighted by Crippen LogP contribution is -2.13. The minimum atomic E-state index is -0.621. The van der Waals surface area contributed by atoms with Crippen LogP contribution >= 0.6 is 23.2 Å². The van der Waals surface area contributed by atoms with Crippen molar-refractivity contribution in [3.63, 3.8) is 0 Å². The van der Waals surface area contributed by atoms with Crippen molar-refractivity contribution in [1.82, 2.24) is 0 Å². The molecule has 0 spiro atoms. The summed E-state index contributed by atoms with van der Waals surface area (Å²) >= 11 is 12.1. The summed E-state index contributed by atoms with van der Waals surface area (Å²) in [4.78, 5) is 24.2. The Morgan fingerprint density at radius 3 is 2.42 bits per heavy atom. The van der Waals surface area contributed by atoms with Gasteiger partial charge in [-0.25, -0.2) is 4.79 Å². The topological polar surface area (TPSA) is 88.4 Å². The fourth-order valence-corrected chi connectivity index (χ4v) is 3.25. The van der Waals surface area contributed by atoms with Crippen LogP contribution in [0.2, 0.25) is 10.0 Å². The first-order valence-electron chi connectivity index (χ1n) is 9.68. The Bertz CT molecular complexity index is 1250. The summed E-state index contributed by atoms with van der Waals surface area (Å²) in [6, 6.07) is 20.2. The van der Waals surface area contributed by atoms with Crippen molar-refractivity contribution in [3.8, 4) is 11.8 Å². The molecule has 0 fully saturated rings. The molecule has 3 aromatic carbocycles. The van der Waals surface area contributed by atoms with Crippen molar-refractivity contribution in [1.29, 1.82) is 5.26 Å². The van der Waals surface area contributed by atoms with Crippen molar-refractivity contribution in [2.24, 2.45) is 0 Å². The van der Waals surface area contributed by atoms with Crippen molar-refractivity contribution >= 4 is 46.8 Å². The van der Waals surface area contributed by atoms with E-state index in [0.717, 1.165) is 5.56 Å². The molecule has 0 saturated heterocycles. The Balaban J connectivity index is 1.79. The van der Waals surface area contributed by atoms with Crippen LogP contribution in [0.5, 0.6) is 5.75 Å². The number of esters is 1. The molecular formula is C25H18Cl2N2O4. The normalized spacial score (nSPS) is 10.8. The van der Waals surface area contributed by atoms with Gasteiger partial charge in [0.2, 0.25) is 0 Å². The summed E-state index contributed by atoms with van der Waals surface area (Å²) in [5, 5.41) is 13.2. The highest BCUT2D eigenvalue weighted by molar-refractivity contribution is 6.31. The number of benzene rings is 3. The second-order valence-electron chi connectivity index (χ2n) is 6.79. The maximum atomic E-state index is 12.7. The van der Waals surface area contributed by atoms with Crippen LogP contribution in [-0.2, 0) is 16.1 Å². The molecule has 0 unspecified atom stereocenters. The van der Waals surface area contributed by atoms with Gasteiger partial charge >= 0.3 is 5.97 Å². The number of anilines is 1. The molecule has 0 aromatic heterocycles. The molecule has 6 nitrogen and oxygen atoms in total. The summed E-state index contributed by atoms with van der Waals surface area (Å²) in [5.41, 5.74) is 1.93. The van der Waals surface area contributed by atoms with Gasteiger partial charge in [-0.3, -0.25) is 4.79 Å². The lowest BCUT2D eigenvalue weighted by molar-refractivity contribution is -0.112.